The summed E-state index contributed by atoms with van der Waals surface area (Å²) in [6, 6.07) is 15.9. The van der Waals surface area contributed by atoms with Crippen molar-refractivity contribution in [2.45, 2.75) is 142 Å². The summed E-state index contributed by atoms with van der Waals surface area (Å²) in [5.74, 6) is -4.33. The SMILES string of the molecule is CSCC[C@H](NC(=O)[C@H](C)NC(=O)OCC1c2ccccc2-c2ccccc21)C(=O)N[C@H](C(=O)N[C@@H](Cc1ccc(OC(C)(C)C)cc1)C(=O)N[C@@H](CC(C)C)C(=O)N[C@@H](CCCCN)C(=O)O)C(C)C. The molecule has 6 amide bonds. The predicted octanol–water partition coefficient (Wildman–Crippen LogP) is 5.43. The first-order chi connectivity index (χ1) is 33.6. The van der Waals surface area contributed by atoms with Crippen molar-refractivity contribution in [3.63, 3.8) is 0 Å². The number of aliphatic carboxylic acids is 1. The minimum absolute atomic E-state index is 0.0278. The van der Waals surface area contributed by atoms with Crippen molar-refractivity contribution in [3.05, 3.63) is 89.5 Å². The molecule has 6 atom stereocenters. The van der Waals surface area contributed by atoms with Gasteiger partial charge in [0, 0.05) is 12.3 Å². The van der Waals surface area contributed by atoms with Crippen molar-refractivity contribution >= 4 is 53.4 Å². The quantitative estimate of drug-likeness (QED) is 0.0446. The van der Waals surface area contributed by atoms with Crippen molar-refractivity contribution in [1.82, 2.24) is 31.9 Å². The lowest BCUT2D eigenvalue weighted by Crippen LogP contribution is -2.60. The first-order valence-corrected chi connectivity index (χ1v) is 25.8. The van der Waals surface area contributed by atoms with Crippen molar-refractivity contribution in [1.29, 1.82) is 0 Å². The number of hydrogen-bond acceptors (Lipinski definition) is 11. The standard InChI is InChI=1S/C53H75N7O10S/c1-31(2)28-43(48(63)57-42(51(66)67)20-14-15-26-54)58-49(64)44(29-34-21-23-35(24-22-34)70-53(6,7)8)59-50(65)45(32(3)4)60-47(62)41(25-27-71-9)56-46(61)33(5)55-52(68)69-30-40-38-18-12-10-16-36(38)37-17-11-13-19-39(37)40/h10-13,16-19,21-24,31-33,40-45H,14-15,20,25-30,54H2,1-9H3,(H,55,68)(H,56,61)(H,57,63)(H,58,64)(H,59,65)(H,60,62)(H,66,67)/t33-,41-,42-,43-,44-,45-/m0/s1. The van der Waals surface area contributed by atoms with E-state index in [2.05, 4.69) is 31.9 Å². The zero-order valence-electron chi connectivity index (χ0n) is 42.6. The highest BCUT2D eigenvalue weighted by Crippen LogP contribution is 2.44. The van der Waals surface area contributed by atoms with Gasteiger partial charge in [-0.25, -0.2) is 9.59 Å². The summed E-state index contributed by atoms with van der Waals surface area (Å²) in [4.78, 5) is 95.2. The molecule has 0 aromatic heterocycles. The molecule has 71 heavy (non-hydrogen) atoms. The van der Waals surface area contributed by atoms with Gasteiger partial charge in [0.1, 0.15) is 54.2 Å². The van der Waals surface area contributed by atoms with Crippen molar-refractivity contribution in [3.8, 4) is 16.9 Å². The largest absolute Gasteiger partial charge is 0.488 e. The van der Waals surface area contributed by atoms with Gasteiger partial charge in [0.25, 0.3) is 0 Å². The summed E-state index contributed by atoms with van der Waals surface area (Å²) in [6.07, 6.45) is 2.57. The number of alkyl carbamates (subject to hydrolysis) is 1. The second-order valence-electron chi connectivity index (χ2n) is 19.8. The molecule has 0 unspecified atom stereocenters. The molecule has 4 rings (SSSR count). The minimum atomic E-state index is -1.27. The van der Waals surface area contributed by atoms with Gasteiger partial charge in [0.05, 0.1) is 0 Å². The Balaban J connectivity index is 1.48. The number of thioether (sulfide) groups is 1. The molecule has 1 aliphatic rings. The van der Waals surface area contributed by atoms with E-state index in [1.165, 1.54) is 18.7 Å². The third-order valence-corrected chi connectivity index (χ3v) is 12.5. The smallest absolute Gasteiger partial charge is 0.407 e. The number of nitrogens with one attached hydrogen (secondary N) is 6. The fourth-order valence-corrected chi connectivity index (χ4v) is 8.70. The molecule has 0 aliphatic heterocycles. The van der Waals surface area contributed by atoms with E-state index < -0.39 is 89.4 Å². The zero-order valence-corrected chi connectivity index (χ0v) is 43.4. The molecule has 0 fully saturated rings. The Morgan fingerprint density at radius 3 is 1.76 bits per heavy atom. The van der Waals surface area contributed by atoms with Crippen LogP contribution in [-0.4, -0.2) is 114 Å². The fourth-order valence-electron chi connectivity index (χ4n) is 8.22. The number of amides is 6. The van der Waals surface area contributed by atoms with Gasteiger partial charge in [-0.1, -0.05) is 88.4 Å². The van der Waals surface area contributed by atoms with E-state index in [1.54, 1.807) is 38.1 Å². The number of fused-ring (bicyclic) bond motifs is 3. The summed E-state index contributed by atoms with van der Waals surface area (Å²) in [5, 5.41) is 26.1. The molecule has 388 valence electrons. The van der Waals surface area contributed by atoms with Crippen LogP contribution in [0.1, 0.15) is 110 Å². The molecule has 3 aromatic rings. The van der Waals surface area contributed by atoms with Crippen LogP contribution in [-0.2, 0) is 39.9 Å². The fraction of sp³-hybridized carbons (Fsp3) is 0.528. The average Bonchev–Trinajstić information content (AvgIpc) is 3.63. The lowest BCUT2D eigenvalue weighted by molar-refractivity contribution is -0.142. The van der Waals surface area contributed by atoms with Gasteiger partial charge in [-0.05, 0) is 130 Å². The number of ether oxygens (including phenoxy) is 2. The monoisotopic (exact) mass is 1000 g/mol. The topological polar surface area (TPSA) is 256 Å². The Kier molecular flexibility index (Phi) is 22.2. The molecule has 3 aromatic carbocycles. The van der Waals surface area contributed by atoms with Crippen LogP contribution in [0.25, 0.3) is 11.1 Å². The van der Waals surface area contributed by atoms with Crippen molar-refractivity contribution < 1.29 is 48.1 Å². The lowest BCUT2D eigenvalue weighted by Gasteiger charge is -2.29. The minimum Gasteiger partial charge on any atom is -0.488 e. The first kappa shape index (κ1) is 57.4. The van der Waals surface area contributed by atoms with E-state index in [0.29, 0.717) is 36.5 Å². The van der Waals surface area contributed by atoms with Crippen LogP contribution in [0, 0.1) is 11.8 Å². The van der Waals surface area contributed by atoms with Crippen molar-refractivity contribution in [2.75, 3.05) is 25.2 Å². The summed E-state index contributed by atoms with van der Waals surface area (Å²) in [6.45, 7) is 14.8. The van der Waals surface area contributed by atoms with Gasteiger partial charge in [0.15, 0.2) is 0 Å². The lowest BCUT2D eigenvalue weighted by atomic mass is 9.98. The molecule has 0 bridgehead atoms. The highest BCUT2D eigenvalue weighted by atomic mass is 32.2. The Bertz CT molecular complexity index is 2240. The molecular weight excluding hydrogens is 927 g/mol. The van der Waals surface area contributed by atoms with Crippen LogP contribution < -0.4 is 42.4 Å². The van der Waals surface area contributed by atoms with Gasteiger partial charge in [0.2, 0.25) is 29.5 Å². The van der Waals surface area contributed by atoms with E-state index in [1.807, 2.05) is 89.4 Å². The number of carboxylic acids is 1. The zero-order chi connectivity index (χ0) is 52.4. The third kappa shape index (κ3) is 17.9. The molecule has 0 heterocycles. The molecule has 0 saturated heterocycles. The van der Waals surface area contributed by atoms with Crippen LogP contribution in [0.15, 0.2) is 72.8 Å². The first-order valence-electron chi connectivity index (χ1n) is 24.4. The molecular formula is C53H75N7O10S. The Labute approximate surface area is 422 Å². The van der Waals surface area contributed by atoms with E-state index in [-0.39, 0.29) is 44.1 Å². The van der Waals surface area contributed by atoms with Gasteiger partial charge in [-0.3, -0.25) is 24.0 Å². The highest BCUT2D eigenvalue weighted by molar-refractivity contribution is 7.98. The van der Waals surface area contributed by atoms with E-state index >= 15 is 0 Å². The second kappa shape index (κ2) is 27.5. The van der Waals surface area contributed by atoms with Crippen LogP contribution in [0.4, 0.5) is 4.79 Å². The molecule has 1 aliphatic carbocycles. The molecule has 0 spiro atoms. The summed E-state index contributed by atoms with van der Waals surface area (Å²) in [5.41, 5.74) is 10.0. The predicted molar refractivity (Wildman–Crippen MR) is 276 cm³/mol. The number of unbranched alkanes of at least 4 members (excludes halogenated alkanes) is 1. The summed E-state index contributed by atoms with van der Waals surface area (Å²) >= 11 is 1.45. The molecule has 0 radical (unpaired) electrons. The number of nitrogens with two attached hydrogens (primary N) is 1. The van der Waals surface area contributed by atoms with Crippen molar-refractivity contribution in [2.24, 2.45) is 17.6 Å². The number of hydrogen-bond donors (Lipinski definition) is 8. The highest BCUT2D eigenvalue weighted by Gasteiger charge is 2.35. The summed E-state index contributed by atoms with van der Waals surface area (Å²) in [7, 11) is 0. The maximum absolute atomic E-state index is 14.3. The summed E-state index contributed by atoms with van der Waals surface area (Å²) < 4.78 is 11.6. The average molecular weight is 1000 g/mol. The number of carbonyl (C=O) groups excluding carboxylic acids is 6. The maximum Gasteiger partial charge on any atom is 0.407 e. The van der Waals surface area contributed by atoms with Crippen LogP contribution in [0.5, 0.6) is 5.75 Å². The van der Waals surface area contributed by atoms with E-state index in [9.17, 15) is 38.7 Å². The van der Waals surface area contributed by atoms with Gasteiger partial charge in [-0.15, -0.1) is 0 Å². The number of carbonyl (C=O) groups is 7. The van der Waals surface area contributed by atoms with Gasteiger partial charge in [-0.2, -0.15) is 11.8 Å². The molecule has 0 saturated carbocycles. The Morgan fingerprint density at radius 1 is 0.662 bits per heavy atom. The molecule has 9 N–H and O–H groups in total. The van der Waals surface area contributed by atoms with E-state index in [0.717, 1.165) is 22.3 Å². The maximum atomic E-state index is 14.3. The second-order valence-corrected chi connectivity index (χ2v) is 20.7. The molecule has 18 heteroatoms. The Hall–Kier alpha value is -6.14. The normalized spacial score (nSPS) is 14.6. The molecule has 17 nitrogen and oxygen atoms in total. The van der Waals surface area contributed by atoms with Crippen LogP contribution in [0.3, 0.4) is 0 Å². The third-order valence-electron chi connectivity index (χ3n) is 11.9. The van der Waals surface area contributed by atoms with Gasteiger partial charge >= 0.3 is 12.1 Å². The van der Waals surface area contributed by atoms with Crippen LogP contribution >= 0.6 is 11.8 Å². The number of benzene rings is 3. The van der Waals surface area contributed by atoms with Crippen LogP contribution in [0.2, 0.25) is 0 Å². The van der Waals surface area contributed by atoms with Gasteiger partial charge < -0.3 is 52.2 Å². The number of carboxylic acid groups (broad SMARTS) is 1. The van der Waals surface area contributed by atoms with E-state index in [4.69, 9.17) is 15.2 Å². The number of rotatable bonds is 27. The Morgan fingerprint density at radius 2 is 1.21 bits per heavy atom.